The molecule has 0 fully saturated rings. The van der Waals surface area contributed by atoms with Crippen molar-refractivity contribution in [3.63, 3.8) is 0 Å². The van der Waals surface area contributed by atoms with E-state index in [2.05, 4.69) is 0 Å². The fraction of sp³-hybridized carbons (Fsp3) is 0.154. The molecule has 0 N–H and O–H groups in total. The maximum Gasteiger partial charge on any atom is 0.209 e. The molecule has 0 aliphatic rings. The molecule has 0 unspecified atom stereocenters. The quantitative estimate of drug-likeness (QED) is 0.461. The molecule has 0 heterocycles. The van der Waals surface area contributed by atoms with Crippen LogP contribution in [0.2, 0.25) is 0 Å². The second kappa shape index (κ2) is 6.16. The number of rotatable bonds is 5. The predicted octanol–water partition coefficient (Wildman–Crippen LogP) is 1.62. The van der Waals surface area contributed by atoms with E-state index < -0.39 is 9.84 Å². The van der Waals surface area contributed by atoms with Crippen molar-refractivity contribution in [3.8, 4) is 0 Å². The van der Waals surface area contributed by atoms with Gasteiger partial charge in [0.1, 0.15) is 4.91 Å². The summed E-state index contributed by atoms with van der Waals surface area (Å²) in [6.07, 6.45) is 4.81. The van der Waals surface area contributed by atoms with Gasteiger partial charge in [-0.1, -0.05) is 18.2 Å². The minimum Gasteiger partial charge on any atom is -0.383 e. The lowest BCUT2D eigenvalue weighted by Gasteiger charge is -2.03. The summed E-state index contributed by atoms with van der Waals surface area (Å²) in [5.41, 5.74) is 0. The van der Waals surface area contributed by atoms with Gasteiger partial charge < -0.3 is 4.90 Å². The van der Waals surface area contributed by atoms with E-state index in [-0.39, 0.29) is 9.80 Å². The second-order valence-corrected chi connectivity index (χ2v) is 5.76. The van der Waals surface area contributed by atoms with Crippen LogP contribution in [0.3, 0.4) is 0 Å². The zero-order chi connectivity index (χ0) is 13.6. The summed E-state index contributed by atoms with van der Waals surface area (Å²) < 4.78 is 24.2. The predicted molar refractivity (Wildman–Crippen MR) is 70.6 cm³/mol. The standard InChI is InChI=1S/C13H15NO3S/c1-14(2)10-6-9-13(11-15)18(16,17)12-7-4-3-5-8-12/h3-11H,1-2H3. The van der Waals surface area contributed by atoms with Crippen LogP contribution < -0.4 is 0 Å². The van der Waals surface area contributed by atoms with Crippen molar-refractivity contribution < 1.29 is 13.2 Å². The normalized spacial score (nSPS) is 12.7. The van der Waals surface area contributed by atoms with E-state index in [9.17, 15) is 13.2 Å². The van der Waals surface area contributed by atoms with Gasteiger partial charge in [-0.25, -0.2) is 8.42 Å². The van der Waals surface area contributed by atoms with Gasteiger partial charge in [-0.15, -0.1) is 0 Å². The Kier molecular flexibility index (Phi) is 4.85. The van der Waals surface area contributed by atoms with E-state index in [1.165, 1.54) is 24.3 Å². The largest absolute Gasteiger partial charge is 0.383 e. The molecule has 5 heteroatoms. The van der Waals surface area contributed by atoms with Gasteiger partial charge in [0, 0.05) is 14.1 Å². The summed E-state index contributed by atoms with van der Waals surface area (Å²) >= 11 is 0. The number of hydrogen-bond acceptors (Lipinski definition) is 4. The van der Waals surface area contributed by atoms with E-state index in [0.29, 0.717) is 6.29 Å². The summed E-state index contributed by atoms with van der Waals surface area (Å²) in [6.45, 7) is 0. The Bertz CT molecular complexity index is 557. The van der Waals surface area contributed by atoms with Crippen LogP contribution in [0.1, 0.15) is 0 Å². The lowest BCUT2D eigenvalue weighted by Crippen LogP contribution is -2.06. The molecule has 0 saturated carbocycles. The summed E-state index contributed by atoms with van der Waals surface area (Å²) in [5.74, 6) is 0. The fourth-order valence-corrected chi connectivity index (χ4v) is 2.41. The molecule has 1 aromatic rings. The number of allylic oxidation sites excluding steroid dienone is 3. The van der Waals surface area contributed by atoms with Gasteiger partial charge in [-0.05, 0) is 30.5 Å². The van der Waals surface area contributed by atoms with Crippen LogP contribution in [-0.2, 0) is 14.6 Å². The minimum atomic E-state index is -3.73. The second-order valence-electron chi connectivity index (χ2n) is 3.81. The van der Waals surface area contributed by atoms with Crippen LogP contribution >= 0.6 is 0 Å². The van der Waals surface area contributed by atoms with Crippen molar-refractivity contribution >= 4 is 16.1 Å². The summed E-state index contributed by atoms with van der Waals surface area (Å²) in [7, 11) is -0.121. The summed E-state index contributed by atoms with van der Waals surface area (Å²) in [4.78, 5) is 12.5. The molecular weight excluding hydrogens is 250 g/mol. The van der Waals surface area contributed by atoms with Gasteiger partial charge >= 0.3 is 0 Å². The Morgan fingerprint density at radius 3 is 2.28 bits per heavy atom. The first-order chi connectivity index (χ1) is 8.48. The summed E-state index contributed by atoms with van der Waals surface area (Å²) in [6, 6.07) is 7.87. The van der Waals surface area contributed by atoms with Crippen LogP contribution in [0.5, 0.6) is 0 Å². The molecule has 4 nitrogen and oxygen atoms in total. The highest BCUT2D eigenvalue weighted by Crippen LogP contribution is 2.17. The van der Waals surface area contributed by atoms with Crippen LogP contribution in [0.4, 0.5) is 0 Å². The molecule has 1 rings (SSSR count). The maximum atomic E-state index is 12.1. The number of sulfone groups is 1. The van der Waals surface area contributed by atoms with Crippen molar-refractivity contribution in [2.24, 2.45) is 0 Å². The molecule has 0 aliphatic heterocycles. The zero-order valence-corrected chi connectivity index (χ0v) is 11.1. The van der Waals surface area contributed by atoms with Crippen molar-refractivity contribution in [2.45, 2.75) is 4.90 Å². The van der Waals surface area contributed by atoms with Gasteiger partial charge in [-0.2, -0.15) is 0 Å². The number of benzene rings is 1. The Morgan fingerprint density at radius 2 is 1.78 bits per heavy atom. The zero-order valence-electron chi connectivity index (χ0n) is 10.3. The van der Waals surface area contributed by atoms with E-state index in [1.807, 2.05) is 0 Å². The monoisotopic (exact) mass is 265 g/mol. The van der Waals surface area contributed by atoms with Gasteiger partial charge in [0.2, 0.25) is 9.84 Å². The summed E-state index contributed by atoms with van der Waals surface area (Å²) in [5, 5.41) is 0. The third kappa shape index (κ3) is 3.56. The van der Waals surface area contributed by atoms with Crippen molar-refractivity contribution in [3.05, 3.63) is 53.6 Å². The molecule has 18 heavy (non-hydrogen) atoms. The third-order valence-electron chi connectivity index (χ3n) is 2.12. The lowest BCUT2D eigenvalue weighted by atomic mass is 10.4. The number of carbonyl (C=O) groups is 1. The molecule has 0 radical (unpaired) electrons. The van der Waals surface area contributed by atoms with Crippen LogP contribution in [-0.4, -0.2) is 33.7 Å². The smallest absolute Gasteiger partial charge is 0.209 e. The molecule has 0 bridgehead atoms. The van der Waals surface area contributed by atoms with Gasteiger partial charge in [0.25, 0.3) is 0 Å². The van der Waals surface area contributed by atoms with E-state index in [1.54, 1.807) is 43.4 Å². The Balaban J connectivity index is 3.13. The number of nitrogens with zero attached hydrogens (tertiary/aromatic N) is 1. The fourth-order valence-electron chi connectivity index (χ4n) is 1.24. The molecule has 1 aromatic carbocycles. The van der Waals surface area contributed by atoms with E-state index in [4.69, 9.17) is 0 Å². The number of carbonyl (C=O) groups excluding carboxylic acids is 1. The first-order valence-corrected chi connectivity index (χ1v) is 6.77. The van der Waals surface area contributed by atoms with Gasteiger partial charge in [0.05, 0.1) is 4.90 Å². The van der Waals surface area contributed by atoms with Crippen LogP contribution in [0.15, 0.2) is 58.5 Å². The molecule has 0 aromatic heterocycles. The van der Waals surface area contributed by atoms with Crippen molar-refractivity contribution in [1.82, 2.24) is 4.90 Å². The van der Waals surface area contributed by atoms with Gasteiger partial charge in [-0.3, -0.25) is 4.79 Å². The van der Waals surface area contributed by atoms with E-state index in [0.717, 1.165) is 0 Å². The van der Waals surface area contributed by atoms with Crippen LogP contribution in [0.25, 0.3) is 0 Å². The Labute approximate surface area is 107 Å². The topological polar surface area (TPSA) is 54.5 Å². The Hall–Kier alpha value is -1.88. The number of hydrogen-bond donors (Lipinski definition) is 0. The molecular formula is C13H15NO3S. The van der Waals surface area contributed by atoms with Crippen LogP contribution in [0, 0.1) is 0 Å². The molecule has 0 amide bonds. The minimum absolute atomic E-state index is 0.113. The Morgan fingerprint density at radius 1 is 1.17 bits per heavy atom. The first kappa shape index (κ1) is 14.2. The molecule has 0 spiro atoms. The molecule has 96 valence electrons. The average Bonchev–Trinajstić information content (AvgIpc) is 2.35. The van der Waals surface area contributed by atoms with Crippen molar-refractivity contribution in [2.75, 3.05) is 14.1 Å². The van der Waals surface area contributed by atoms with Crippen molar-refractivity contribution in [1.29, 1.82) is 0 Å². The maximum absolute atomic E-state index is 12.1. The highest BCUT2D eigenvalue weighted by atomic mass is 32.2. The molecule has 0 atom stereocenters. The lowest BCUT2D eigenvalue weighted by molar-refractivity contribution is -0.104. The SMILES string of the molecule is CN(C)C=CC=C(C=O)S(=O)(=O)c1ccccc1. The molecule has 0 aliphatic carbocycles. The number of aldehydes is 1. The first-order valence-electron chi connectivity index (χ1n) is 5.28. The average molecular weight is 265 g/mol. The van der Waals surface area contributed by atoms with E-state index >= 15 is 0 Å². The highest BCUT2D eigenvalue weighted by molar-refractivity contribution is 7.96. The van der Waals surface area contributed by atoms with Gasteiger partial charge in [0.15, 0.2) is 6.29 Å². The molecule has 0 saturated heterocycles. The highest BCUT2D eigenvalue weighted by Gasteiger charge is 2.18. The third-order valence-corrected chi connectivity index (χ3v) is 3.87.